The number of aliphatic imine (C=N–C) groups is 2. The van der Waals surface area contributed by atoms with Gasteiger partial charge in [-0.15, -0.1) is 0 Å². The first kappa shape index (κ1) is 6.52. The quantitative estimate of drug-likeness (QED) is 0.491. The van der Waals surface area contributed by atoms with Crippen LogP contribution in [0, 0.1) is 5.92 Å². The van der Waals surface area contributed by atoms with E-state index in [2.05, 4.69) is 15.1 Å². The lowest BCUT2D eigenvalue weighted by molar-refractivity contribution is 0.276. The maximum absolute atomic E-state index is 4.34. The largest absolute Gasteiger partial charge is 0.275 e. The van der Waals surface area contributed by atoms with Crippen molar-refractivity contribution >= 4 is 18.3 Å². The maximum Gasteiger partial charge on any atom is 0.151 e. The third-order valence-electron chi connectivity index (χ3n) is 1.90. The molecule has 4 heteroatoms. The fraction of sp³-hybridized carbons (Fsp3) is 0.571. The molecule has 0 aromatic rings. The van der Waals surface area contributed by atoms with Gasteiger partial charge >= 0.3 is 0 Å². The van der Waals surface area contributed by atoms with E-state index in [0.717, 1.165) is 5.84 Å². The molecule has 0 saturated carbocycles. The zero-order chi connectivity index (χ0) is 7.84. The molecule has 0 aromatic carbocycles. The molecule has 0 saturated heterocycles. The standard InChI is InChI=1S/C7H10N4/c1-5-8-3-6-4-9-11(2)7(6)10-5/h3-4,6-7H,1-2H3. The lowest BCUT2D eigenvalue weighted by atomic mass is 10.1. The summed E-state index contributed by atoms with van der Waals surface area (Å²) in [4.78, 5) is 8.46. The number of hydrogen-bond acceptors (Lipinski definition) is 4. The summed E-state index contributed by atoms with van der Waals surface area (Å²) in [6.45, 7) is 1.90. The molecule has 0 bridgehead atoms. The highest BCUT2D eigenvalue weighted by atomic mass is 15.5. The number of rotatable bonds is 0. The zero-order valence-corrected chi connectivity index (χ0v) is 6.60. The van der Waals surface area contributed by atoms with Gasteiger partial charge in [-0.2, -0.15) is 5.10 Å². The maximum atomic E-state index is 4.34. The van der Waals surface area contributed by atoms with Crippen LogP contribution in [0.1, 0.15) is 6.92 Å². The van der Waals surface area contributed by atoms with Crippen molar-refractivity contribution in [1.29, 1.82) is 0 Å². The molecule has 2 rings (SSSR count). The van der Waals surface area contributed by atoms with E-state index in [0.29, 0.717) is 0 Å². The lowest BCUT2D eigenvalue weighted by Crippen LogP contribution is -2.31. The van der Waals surface area contributed by atoms with Crippen LogP contribution in [0.15, 0.2) is 15.1 Å². The Morgan fingerprint density at radius 1 is 1.45 bits per heavy atom. The van der Waals surface area contributed by atoms with Crippen LogP contribution in [0.5, 0.6) is 0 Å². The topological polar surface area (TPSA) is 40.3 Å². The van der Waals surface area contributed by atoms with E-state index in [1.54, 1.807) is 0 Å². The number of amidine groups is 1. The van der Waals surface area contributed by atoms with Crippen LogP contribution in [0.2, 0.25) is 0 Å². The van der Waals surface area contributed by atoms with Crippen LogP contribution in [-0.2, 0) is 0 Å². The molecule has 0 N–H and O–H groups in total. The first-order valence-corrected chi connectivity index (χ1v) is 3.63. The summed E-state index contributed by atoms with van der Waals surface area (Å²) in [6.07, 6.45) is 3.94. The zero-order valence-electron chi connectivity index (χ0n) is 6.60. The summed E-state index contributed by atoms with van der Waals surface area (Å²) < 4.78 is 0. The van der Waals surface area contributed by atoms with Crippen molar-refractivity contribution in [3.63, 3.8) is 0 Å². The Balaban J connectivity index is 2.27. The van der Waals surface area contributed by atoms with Crippen LogP contribution in [0.25, 0.3) is 0 Å². The molecule has 0 aromatic heterocycles. The molecule has 0 aliphatic carbocycles. The van der Waals surface area contributed by atoms with Crippen molar-refractivity contribution in [2.24, 2.45) is 21.0 Å². The Morgan fingerprint density at radius 3 is 3.09 bits per heavy atom. The molecule has 2 unspecified atom stereocenters. The van der Waals surface area contributed by atoms with Crippen LogP contribution in [-0.4, -0.2) is 36.5 Å². The second kappa shape index (κ2) is 2.15. The van der Waals surface area contributed by atoms with Gasteiger partial charge in [0.15, 0.2) is 6.17 Å². The summed E-state index contributed by atoms with van der Waals surface area (Å²) in [6, 6.07) is 0. The molecule has 2 aliphatic heterocycles. The van der Waals surface area contributed by atoms with Crippen molar-refractivity contribution in [2.75, 3.05) is 7.05 Å². The van der Waals surface area contributed by atoms with E-state index in [9.17, 15) is 0 Å². The molecule has 2 heterocycles. The van der Waals surface area contributed by atoms with Gasteiger partial charge < -0.3 is 0 Å². The van der Waals surface area contributed by atoms with E-state index in [1.807, 2.05) is 31.4 Å². The van der Waals surface area contributed by atoms with Crippen molar-refractivity contribution in [3.8, 4) is 0 Å². The van der Waals surface area contributed by atoms with Crippen molar-refractivity contribution < 1.29 is 0 Å². The molecule has 58 valence electrons. The van der Waals surface area contributed by atoms with Gasteiger partial charge in [0.1, 0.15) is 5.84 Å². The Hall–Kier alpha value is -1.19. The Kier molecular flexibility index (Phi) is 1.27. The van der Waals surface area contributed by atoms with Crippen molar-refractivity contribution in [3.05, 3.63) is 0 Å². The fourth-order valence-electron chi connectivity index (χ4n) is 1.28. The SMILES string of the molecule is CC1=NC2C(C=N1)C=NN2C. The number of nitrogens with zero attached hydrogens (tertiary/aromatic N) is 4. The molecular formula is C7H10N4. The smallest absolute Gasteiger partial charge is 0.151 e. The summed E-state index contributed by atoms with van der Waals surface area (Å²) >= 11 is 0. The van der Waals surface area contributed by atoms with Crippen LogP contribution >= 0.6 is 0 Å². The molecule has 2 aliphatic rings. The van der Waals surface area contributed by atoms with Gasteiger partial charge in [0.25, 0.3) is 0 Å². The third kappa shape index (κ3) is 0.943. The number of hydrazone groups is 1. The second-order valence-corrected chi connectivity index (χ2v) is 2.78. The molecular weight excluding hydrogens is 140 g/mol. The molecule has 2 atom stereocenters. The van der Waals surface area contributed by atoms with Gasteiger partial charge in [-0.1, -0.05) is 0 Å². The third-order valence-corrected chi connectivity index (χ3v) is 1.90. The van der Waals surface area contributed by atoms with Gasteiger partial charge in [-0.3, -0.25) is 5.01 Å². The summed E-state index contributed by atoms with van der Waals surface area (Å²) in [5.74, 6) is 1.12. The first-order valence-electron chi connectivity index (χ1n) is 3.63. The summed E-state index contributed by atoms with van der Waals surface area (Å²) in [7, 11) is 1.93. The molecule has 0 amide bonds. The predicted molar refractivity (Wildman–Crippen MR) is 45.1 cm³/mol. The van der Waals surface area contributed by atoms with Gasteiger partial charge in [-0.05, 0) is 6.92 Å². The Morgan fingerprint density at radius 2 is 2.27 bits per heavy atom. The highest BCUT2D eigenvalue weighted by Gasteiger charge is 2.28. The van der Waals surface area contributed by atoms with Crippen LogP contribution < -0.4 is 0 Å². The molecule has 4 nitrogen and oxygen atoms in total. The van der Waals surface area contributed by atoms with Gasteiger partial charge in [0, 0.05) is 19.5 Å². The second-order valence-electron chi connectivity index (χ2n) is 2.78. The van der Waals surface area contributed by atoms with Crippen molar-refractivity contribution in [1.82, 2.24) is 5.01 Å². The Labute approximate surface area is 65.3 Å². The van der Waals surface area contributed by atoms with E-state index >= 15 is 0 Å². The normalized spacial score (nSPS) is 34.0. The first-order chi connectivity index (χ1) is 5.27. The summed E-state index contributed by atoms with van der Waals surface area (Å²) in [5, 5.41) is 5.99. The van der Waals surface area contributed by atoms with E-state index < -0.39 is 0 Å². The number of hydrogen-bond donors (Lipinski definition) is 0. The van der Waals surface area contributed by atoms with E-state index in [1.165, 1.54) is 0 Å². The van der Waals surface area contributed by atoms with Crippen molar-refractivity contribution in [2.45, 2.75) is 13.1 Å². The molecule has 0 spiro atoms. The predicted octanol–water partition coefficient (Wildman–Crippen LogP) is 0.363. The Bertz CT molecular complexity index is 253. The average molecular weight is 150 g/mol. The van der Waals surface area contributed by atoms with Gasteiger partial charge in [0.05, 0.1) is 5.92 Å². The monoisotopic (exact) mass is 150 g/mol. The molecule has 0 radical (unpaired) electrons. The average Bonchev–Trinajstić information content (AvgIpc) is 2.33. The van der Waals surface area contributed by atoms with Gasteiger partial charge in [0.2, 0.25) is 0 Å². The van der Waals surface area contributed by atoms with Gasteiger partial charge in [-0.25, -0.2) is 9.98 Å². The minimum Gasteiger partial charge on any atom is -0.275 e. The van der Waals surface area contributed by atoms with Crippen LogP contribution in [0.4, 0.5) is 0 Å². The lowest BCUT2D eigenvalue weighted by Gasteiger charge is -2.20. The highest BCUT2D eigenvalue weighted by molar-refractivity contribution is 5.96. The van der Waals surface area contributed by atoms with E-state index in [4.69, 9.17) is 0 Å². The fourth-order valence-corrected chi connectivity index (χ4v) is 1.28. The minimum atomic E-state index is 0.160. The highest BCUT2D eigenvalue weighted by Crippen LogP contribution is 2.18. The summed E-state index contributed by atoms with van der Waals surface area (Å²) in [5.41, 5.74) is 0. The molecule has 0 fully saturated rings. The minimum absolute atomic E-state index is 0.160. The molecule has 11 heavy (non-hydrogen) atoms. The number of fused-ring (bicyclic) bond motifs is 1. The van der Waals surface area contributed by atoms with E-state index in [-0.39, 0.29) is 12.1 Å². The van der Waals surface area contributed by atoms with Crippen LogP contribution in [0.3, 0.4) is 0 Å².